The third-order valence-electron chi connectivity index (χ3n) is 6.11. The highest BCUT2D eigenvalue weighted by Crippen LogP contribution is 2.33. The molecule has 0 N–H and O–H groups in total. The summed E-state index contributed by atoms with van der Waals surface area (Å²) >= 11 is 6.37. The lowest BCUT2D eigenvalue weighted by molar-refractivity contribution is 0.157. The lowest BCUT2D eigenvalue weighted by Gasteiger charge is -2.37. The average Bonchev–Trinajstić information content (AvgIpc) is 2.84. The van der Waals surface area contributed by atoms with Crippen LogP contribution in [0.5, 0.6) is 11.5 Å². The van der Waals surface area contributed by atoms with Crippen molar-refractivity contribution < 1.29 is 13.9 Å². The van der Waals surface area contributed by atoms with Gasteiger partial charge in [0.25, 0.3) is 0 Å². The van der Waals surface area contributed by atoms with E-state index in [0.29, 0.717) is 22.8 Å². The fourth-order valence-electron chi connectivity index (χ4n) is 4.27. The predicted molar refractivity (Wildman–Crippen MR) is 132 cm³/mol. The van der Waals surface area contributed by atoms with E-state index in [-0.39, 0.29) is 5.82 Å². The highest BCUT2D eigenvalue weighted by Gasteiger charge is 2.23. The SMILES string of the molecule is COc1ccccc1N1CCN(CC[C@@H](Oc2cc(C)ccc2Cl)c2ccccc2F)CC1. The smallest absolute Gasteiger partial charge is 0.142 e. The van der Waals surface area contributed by atoms with Gasteiger partial charge < -0.3 is 14.4 Å². The maximum absolute atomic E-state index is 14.7. The van der Waals surface area contributed by atoms with Crippen LogP contribution in [-0.2, 0) is 0 Å². The summed E-state index contributed by atoms with van der Waals surface area (Å²) in [6.07, 6.45) is 0.248. The molecular weight excluding hydrogens is 439 g/mol. The number of rotatable bonds is 8. The molecule has 0 amide bonds. The molecule has 33 heavy (non-hydrogen) atoms. The van der Waals surface area contributed by atoms with Gasteiger partial charge in [-0.3, -0.25) is 4.90 Å². The first-order chi connectivity index (χ1) is 16.0. The summed E-state index contributed by atoms with van der Waals surface area (Å²) in [6.45, 7) is 6.47. The monoisotopic (exact) mass is 468 g/mol. The van der Waals surface area contributed by atoms with Crippen LogP contribution in [0.1, 0.15) is 23.7 Å². The maximum Gasteiger partial charge on any atom is 0.142 e. The van der Waals surface area contributed by atoms with Gasteiger partial charge in [-0.2, -0.15) is 0 Å². The van der Waals surface area contributed by atoms with E-state index >= 15 is 0 Å². The standard InChI is InChI=1S/C27H30ClFN2O2/c1-20-11-12-22(28)27(19-20)33-25(21-7-3-4-8-23(21)29)13-14-30-15-17-31(18-16-30)24-9-5-6-10-26(24)32-2/h3-12,19,25H,13-18H2,1-2H3/t25-/m1/s1. The van der Waals surface area contributed by atoms with Crippen molar-refractivity contribution in [3.8, 4) is 11.5 Å². The first-order valence-electron chi connectivity index (χ1n) is 11.3. The van der Waals surface area contributed by atoms with Crippen molar-refractivity contribution in [2.75, 3.05) is 44.7 Å². The predicted octanol–water partition coefficient (Wildman–Crippen LogP) is 6.13. The zero-order valence-corrected chi connectivity index (χ0v) is 19.9. The molecule has 174 valence electrons. The van der Waals surface area contributed by atoms with Gasteiger partial charge in [-0.25, -0.2) is 4.39 Å². The van der Waals surface area contributed by atoms with Crippen LogP contribution in [-0.4, -0.2) is 44.7 Å². The molecule has 3 aromatic rings. The molecule has 0 saturated carbocycles. The van der Waals surface area contributed by atoms with Gasteiger partial charge in [0.1, 0.15) is 23.4 Å². The third-order valence-corrected chi connectivity index (χ3v) is 6.43. The molecule has 3 aromatic carbocycles. The highest BCUT2D eigenvalue weighted by atomic mass is 35.5. The molecule has 1 aliphatic rings. The minimum Gasteiger partial charge on any atom is -0.495 e. The molecule has 1 fully saturated rings. The summed E-state index contributed by atoms with van der Waals surface area (Å²) in [4.78, 5) is 4.76. The molecule has 0 spiro atoms. The quantitative estimate of drug-likeness (QED) is 0.397. The van der Waals surface area contributed by atoms with E-state index < -0.39 is 6.10 Å². The molecule has 0 aliphatic carbocycles. The van der Waals surface area contributed by atoms with E-state index in [1.165, 1.54) is 6.07 Å². The van der Waals surface area contributed by atoms with E-state index in [2.05, 4.69) is 15.9 Å². The molecule has 4 rings (SSSR count). The number of hydrogen-bond acceptors (Lipinski definition) is 4. The highest BCUT2D eigenvalue weighted by molar-refractivity contribution is 6.32. The Hall–Kier alpha value is -2.76. The van der Waals surface area contributed by atoms with E-state index in [0.717, 1.165) is 49.7 Å². The molecule has 0 aromatic heterocycles. The Balaban J connectivity index is 1.42. The number of ether oxygens (including phenoxy) is 2. The molecule has 0 unspecified atom stereocenters. The molecular formula is C27H30ClFN2O2. The summed E-state index contributed by atoms with van der Waals surface area (Å²) in [7, 11) is 1.71. The van der Waals surface area contributed by atoms with Gasteiger partial charge in [0.05, 0.1) is 17.8 Å². The lowest BCUT2D eigenvalue weighted by Crippen LogP contribution is -2.47. The molecule has 1 aliphatic heterocycles. The number of anilines is 1. The van der Waals surface area contributed by atoms with Gasteiger partial charge in [-0.05, 0) is 42.8 Å². The summed E-state index contributed by atoms with van der Waals surface area (Å²) in [6, 6.07) is 20.6. The Morgan fingerprint density at radius 1 is 0.939 bits per heavy atom. The summed E-state index contributed by atoms with van der Waals surface area (Å²) in [5.74, 6) is 1.23. The first-order valence-corrected chi connectivity index (χ1v) is 11.7. The number of aryl methyl sites for hydroxylation is 1. The van der Waals surface area contributed by atoms with Crippen LogP contribution < -0.4 is 14.4 Å². The fourth-order valence-corrected chi connectivity index (χ4v) is 4.43. The van der Waals surface area contributed by atoms with Crippen LogP contribution in [0.3, 0.4) is 0 Å². The average molecular weight is 469 g/mol. The van der Waals surface area contributed by atoms with Crippen LogP contribution in [0.4, 0.5) is 10.1 Å². The second-order valence-electron chi connectivity index (χ2n) is 8.35. The van der Waals surface area contributed by atoms with Crippen LogP contribution in [0, 0.1) is 12.7 Å². The molecule has 1 atom stereocenters. The fraction of sp³-hybridized carbons (Fsp3) is 0.333. The maximum atomic E-state index is 14.7. The number of hydrogen-bond donors (Lipinski definition) is 0. The Morgan fingerprint density at radius 3 is 2.42 bits per heavy atom. The van der Waals surface area contributed by atoms with Crippen molar-refractivity contribution in [1.29, 1.82) is 0 Å². The van der Waals surface area contributed by atoms with Gasteiger partial charge in [0.2, 0.25) is 0 Å². The van der Waals surface area contributed by atoms with Crippen LogP contribution >= 0.6 is 11.6 Å². The van der Waals surface area contributed by atoms with Crippen LogP contribution in [0.25, 0.3) is 0 Å². The van der Waals surface area contributed by atoms with Crippen LogP contribution in [0.2, 0.25) is 5.02 Å². The number of halogens is 2. The summed E-state index contributed by atoms with van der Waals surface area (Å²) in [5.41, 5.74) is 2.73. The minimum atomic E-state index is -0.419. The number of piperazine rings is 1. The van der Waals surface area contributed by atoms with Crippen molar-refractivity contribution in [2.24, 2.45) is 0 Å². The van der Waals surface area contributed by atoms with Crippen molar-refractivity contribution in [3.05, 3.63) is 88.7 Å². The second-order valence-corrected chi connectivity index (χ2v) is 8.76. The number of nitrogens with zero attached hydrogens (tertiary/aromatic N) is 2. The van der Waals surface area contributed by atoms with E-state index in [1.807, 2.05) is 49.4 Å². The molecule has 0 bridgehead atoms. The zero-order chi connectivity index (χ0) is 23.2. The van der Waals surface area contributed by atoms with Crippen molar-refractivity contribution >= 4 is 17.3 Å². The van der Waals surface area contributed by atoms with E-state index in [9.17, 15) is 4.39 Å². The normalized spacial score (nSPS) is 15.3. The number of para-hydroxylation sites is 2. The number of benzene rings is 3. The van der Waals surface area contributed by atoms with E-state index in [4.69, 9.17) is 21.1 Å². The molecule has 1 saturated heterocycles. The van der Waals surface area contributed by atoms with Crippen LogP contribution in [0.15, 0.2) is 66.7 Å². The largest absolute Gasteiger partial charge is 0.495 e. The van der Waals surface area contributed by atoms with Gasteiger partial charge in [-0.15, -0.1) is 0 Å². The van der Waals surface area contributed by atoms with Crippen molar-refractivity contribution in [3.63, 3.8) is 0 Å². The topological polar surface area (TPSA) is 24.9 Å². The zero-order valence-electron chi connectivity index (χ0n) is 19.1. The molecule has 0 radical (unpaired) electrons. The Morgan fingerprint density at radius 2 is 1.67 bits per heavy atom. The van der Waals surface area contributed by atoms with Gasteiger partial charge >= 0.3 is 0 Å². The first kappa shape index (κ1) is 23.4. The molecule has 4 nitrogen and oxygen atoms in total. The Labute approximate surface area is 200 Å². The molecule has 1 heterocycles. The van der Waals surface area contributed by atoms with Gasteiger partial charge in [-0.1, -0.05) is 48.0 Å². The van der Waals surface area contributed by atoms with Gasteiger partial charge in [0, 0.05) is 44.7 Å². The van der Waals surface area contributed by atoms with Crippen molar-refractivity contribution in [2.45, 2.75) is 19.4 Å². The third kappa shape index (κ3) is 5.79. The number of methoxy groups -OCH3 is 1. The minimum absolute atomic E-state index is 0.257. The summed E-state index contributed by atoms with van der Waals surface area (Å²) < 4.78 is 26.5. The molecule has 6 heteroatoms. The van der Waals surface area contributed by atoms with Crippen molar-refractivity contribution in [1.82, 2.24) is 4.90 Å². The van der Waals surface area contributed by atoms with Gasteiger partial charge in [0.15, 0.2) is 0 Å². The summed E-state index contributed by atoms with van der Waals surface area (Å²) in [5, 5.41) is 0.535. The Kier molecular flexibility index (Phi) is 7.73. The Bertz CT molecular complexity index is 1070. The second kappa shape index (κ2) is 10.9. The van der Waals surface area contributed by atoms with E-state index in [1.54, 1.807) is 19.2 Å². The lowest BCUT2D eigenvalue weighted by atomic mass is 10.0.